The number of phenols is 1. The topological polar surface area (TPSA) is 69.6 Å². The molecule has 0 saturated heterocycles. The molecule has 0 saturated carbocycles. The number of rotatable bonds is 3. The zero-order valence-corrected chi connectivity index (χ0v) is 10.8. The fourth-order valence-electron chi connectivity index (χ4n) is 1.78. The molecule has 0 aliphatic carbocycles. The monoisotopic (exact) mass is 275 g/mol. The minimum Gasteiger partial charge on any atom is -0.507 e. The Morgan fingerprint density at radius 2 is 1.85 bits per heavy atom. The highest BCUT2D eigenvalue weighted by Gasteiger charge is 2.16. The van der Waals surface area contributed by atoms with Crippen LogP contribution in [0, 0.1) is 5.82 Å². The van der Waals surface area contributed by atoms with Crippen molar-refractivity contribution in [3.05, 3.63) is 59.4 Å². The van der Waals surface area contributed by atoms with Gasteiger partial charge in [-0.3, -0.25) is 4.79 Å². The smallest absolute Gasteiger partial charge is 0.262 e. The fourth-order valence-corrected chi connectivity index (χ4v) is 1.78. The van der Waals surface area contributed by atoms with Crippen LogP contribution < -0.4 is 5.32 Å². The van der Waals surface area contributed by atoms with E-state index in [1.54, 1.807) is 31.2 Å². The molecular weight excluding hydrogens is 261 g/mol. The highest BCUT2D eigenvalue weighted by Crippen LogP contribution is 2.22. The van der Waals surface area contributed by atoms with Crippen LogP contribution in [-0.4, -0.2) is 16.1 Å². The largest absolute Gasteiger partial charge is 0.507 e. The van der Waals surface area contributed by atoms with Crippen molar-refractivity contribution >= 4 is 11.6 Å². The van der Waals surface area contributed by atoms with Crippen LogP contribution in [0.1, 0.15) is 28.9 Å². The third-order valence-electron chi connectivity index (χ3n) is 2.87. The molecule has 0 bridgehead atoms. The Bertz CT molecular complexity index is 603. The van der Waals surface area contributed by atoms with Crippen molar-refractivity contribution in [2.75, 3.05) is 5.32 Å². The van der Waals surface area contributed by atoms with Crippen LogP contribution in [-0.2, 0) is 0 Å². The van der Waals surface area contributed by atoms with Crippen LogP contribution in [0.2, 0.25) is 0 Å². The number of aliphatic hydroxyl groups excluding tert-OH is 1. The number of benzene rings is 2. The second kappa shape index (κ2) is 5.71. The number of aromatic hydroxyl groups is 1. The van der Waals surface area contributed by atoms with Gasteiger partial charge in [-0.25, -0.2) is 4.39 Å². The summed E-state index contributed by atoms with van der Waals surface area (Å²) in [5.74, 6) is -1.93. The van der Waals surface area contributed by atoms with E-state index in [1.165, 1.54) is 12.1 Å². The minimum atomic E-state index is -0.789. The molecule has 0 fully saturated rings. The molecule has 1 amide bonds. The van der Waals surface area contributed by atoms with E-state index in [-0.39, 0.29) is 0 Å². The number of amides is 1. The maximum Gasteiger partial charge on any atom is 0.262 e. The lowest BCUT2D eigenvalue weighted by atomic mass is 10.1. The molecule has 1 unspecified atom stereocenters. The Morgan fingerprint density at radius 1 is 1.20 bits per heavy atom. The molecule has 1 atom stereocenters. The van der Waals surface area contributed by atoms with Gasteiger partial charge >= 0.3 is 0 Å². The molecule has 0 aromatic heterocycles. The molecule has 2 aromatic carbocycles. The van der Waals surface area contributed by atoms with E-state index in [2.05, 4.69) is 5.32 Å². The molecular formula is C15H14FNO3. The van der Waals surface area contributed by atoms with Crippen molar-refractivity contribution < 1.29 is 19.4 Å². The zero-order chi connectivity index (χ0) is 14.7. The first-order chi connectivity index (χ1) is 9.49. The summed E-state index contributed by atoms with van der Waals surface area (Å²) in [7, 11) is 0. The van der Waals surface area contributed by atoms with Gasteiger partial charge < -0.3 is 15.5 Å². The number of phenolic OH excluding ortho intramolecular Hbond substituents is 1. The lowest BCUT2D eigenvalue weighted by Crippen LogP contribution is -2.14. The van der Waals surface area contributed by atoms with E-state index in [0.717, 1.165) is 6.07 Å². The maximum absolute atomic E-state index is 13.5. The highest BCUT2D eigenvalue weighted by molar-refractivity contribution is 6.06. The molecule has 5 heteroatoms. The van der Waals surface area contributed by atoms with Crippen molar-refractivity contribution in [1.82, 2.24) is 0 Å². The van der Waals surface area contributed by atoms with Gasteiger partial charge in [-0.15, -0.1) is 0 Å². The Kier molecular flexibility index (Phi) is 4.00. The molecule has 0 heterocycles. The van der Waals surface area contributed by atoms with Gasteiger partial charge in [-0.05, 0) is 36.8 Å². The molecule has 4 nitrogen and oxygen atoms in total. The lowest BCUT2D eigenvalue weighted by molar-refractivity contribution is 0.102. The summed E-state index contributed by atoms with van der Waals surface area (Å²) in [5, 5.41) is 21.4. The average Bonchev–Trinajstić information content (AvgIpc) is 2.39. The van der Waals surface area contributed by atoms with Crippen LogP contribution in [0.25, 0.3) is 0 Å². The first kappa shape index (κ1) is 14.0. The molecule has 2 aromatic rings. The second-order valence-corrected chi connectivity index (χ2v) is 4.39. The van der Waals surface area contributed by atoms with Crippen LogP contribution in [0.5, 0.6) is 5.75 Å². The van der Waals surface area contributed by atoms with Crippen molar-refractivity contribution in [1.29, 1.82) is 0 Å². The molecule has 0 spiro atoms. The normalized spacial score (nSPS) is 11.9. The number of halogens is 1. The molecule has 20 heavy (non-hydrogen) atoms. The third-order valence-corrected chi connectivity index (χ3v) is 2.87. The number of hydrogen-bond acceptors (Lipinski definition) is 3. The van der Waals surface area contributed by atoms with Crippen molar-refractivity contribution in [2.24, 2.45) is 0 Å². The number of nitrogens with one attached hydrogen (secondary N) is 1. The predicted molar refractivity (Wildman–Crippen MR) is 73.1 cm³/mol. The standard InChI is InChI=1S/C15H14FNO3/c1-9(18)10-5-7-11(8-6-10)17-15(20)14-12(16)3-2-4-13(14)19/h2-9,18-19H,1H3,(H,17,20). The van der Waals surface area contributed by atoms with Gasteiger partial charge in [0, 0.05) is 5.69 Å². The van der Waals surface area contributed by atoms with E-state index in [0.29, 0.717) is 11.3 Å². The number of hydrogen-bond donors (Lipinski definition) is 3. The second-order valence-electron chi connectivity index (χ2n) is 4.39. The Balaban J connectivity index is 2.19. The molecule has 0 aliphatic heterocycles. The van der Waals surface area contributed by atoms with E-state index < -0.39 is 29.1 Å². The van der Waals surface area contributed by atoms with Crippen LogP contribution in [0.15, 0.2) is 42.5 Å². The average molecular weight is 275 g/mol. The van der Waals surface area contributed by atoms with Gasteiger partial charge in [-0.2, -0.15) is 0 Å². The van der Waals surface area contributed by atoms with Gasteiger partial charge in [0.15, 0.2) is 0 Å². The van der Waals surface area contributed by atoms with Crippen molar-refractivity contribution in [3.63, 3.8) is 0 Å². The molecule has 0 radical (unpaired) electrons. The number of anilines is 1. The summed E-state index contributed by atoms with van der Waals surface area (Å²) < 4.78 is 13.5. The SMILES string of the molecule is CC(O)c1ccc(NC(=O)c2c(O)cccc2F)cc1. The van der Waals surface area contributed by atoms with E-state index in [4.69, 9.17) is 0 Å². The summed E-state index contributed by atoms with van der Waals surface area (Å²) in [4.78, 5) is 11.9. The van der Waals surface area contributed by atoms with Crippen molar-refractivity contribution in [3.8, 4) is 5.75 Å². The highest BCUT2D eigenvalue weighted by atomic mass is 19.1. The van der Waals surface area contributed by atoms with E-state index in [1.807, 2.05) is 0 Å². The van der Waals surface area contributed by atoms with Crippen LogP contribution >= 0.6 is 0 Å². The summed E-state index contributed by atoms with van der Waals surface area (Å²) in [6.45, 7) is 1.63. The van der Waals surface area contributed by atoms with Gasteiger partial charge in [0.1, 0.15) is 17.1 Å². The summed E-state index contributed by atoms with van der Waals surface area (Å²) in [5.41, 5.74) is 0.755. The van der Waals surface area contributed by atoms with Crippen molar-refractivity contribution in [2.45, 2.75) is 13.0 Å². The summed E-state index contributed by atoms with van der Waals surface area (Å²) in [6, 6.07) is 10.2. The predicted octanol–water partition coefficient (Wildman–Crippen LogP) is 2.84. The number of carbonyl (C=O) groups is 1. The van der Waals surface area contributed by atoms with Crippen LogP contribution in [0.3, 0.4) is 0 Å². The third kappa shape index (κ3) is 2.95. The van der Waals surface area contributed by atoms with E-state index >= 15 is 0 Å². The van der Waals surface area contributed by atoms with Gasteiger partial charge in [0.05, 0.1) is 6.10 Å². The Hall–Kier alpha value is -2.40. The number of carbonyl (C=O) groups excluding carboxylic acids is 1. The molecule has 104 valence electrons. The van der Waals surface area contributed by atoms with Gasteiger partial charge in [-0.1, -0.05) is 18.2 Å². The number of aliphatic hydroxyl groups is 1. The van der Waals surface area contributed by atoms with Gasteiger partial charge in [0.25, 0.3) is 5.91 Å². The fraction of sp³-hybridized carbons (Fsp3) is 0.133. The van der Waals surface area contributed by atoms with Crippen LogP contribution in [0.4, 0.5) is 10.1 Å². The lowest BCUT2D eigenvalue weighted by Gasteiger charge is -2.09. The first-order valence-corrected chi connectivity index (χ1v) is 6.06. The zero-order valence-electron chi connectivity index (χ0n) is 10.8. The first-order valence-electron chi connectivity index (χ1n) is 6.06. The maximum atomic E-state index is 13.5. The minimum absolute atomic E-state index is 0.396. The summed E-state index contributed by atoms with van der Waals surface area (Å²) >= 11 is 0. The Labute approximate surface area is 115 Å². The van der Waals surface area contributed by atoms with Gasteiger partial charge in [0.2, 0.25) is 0 Å². The molecule has 2 rings (SSSR count). The Morgan fingerprint density at radius 3 is 2.40 bits per heavy atom. The molecule has 0 aliphatic rings. The van der Waals surface area contributed by atoms with E-state index in [9.17, 15) is 19.4 Å². The summed E-state index contributed by atoms with van der Waals surface area (Å²) in [6.07, 6.45) is -0.602. The quantitative estimate of drug-likeness (QED) is 0.806. The molecule has 3 N–H and O–H groups in total.